The Hall–Kier alpha value is -1.76. The molecule has 0 aliphatic rings. The van der Waals surface area contributed by atoms with Crippen molar-refractivity contribution in [3.63, 3.8) is 0 Å². The van der Waals surface area contributed by atoms with Crippen molar-refractivity contribution < 1.29 is 5.11 Å². The highest BCUT2D eigenvalue weighted by Gasteiger charge is 2.06. The molecule has 0 aliphatic carbocycles. The van der Waals surface area contributed by atoms with Crippen molar-refractivity contribution in [2.24, 2.45) is 0 Å². The first-order valence-corrected chi connectivity index (χ1v) is 5.11. The van der Waals surface area contributed by atoms with E-state index < -0.39 is 0 Å². The monoisotopic (exact) mass is 198 g/mol. The van der Waals surface area contributed by atoms with Crippen molar-refractivity contribution in [3.8, 4) is 5.75 Å². The Morgan fingerprint density at radius 2 is 1.33 bits per heavy atom. The van der Waals surface area contributed by atoms with Gasteiger partial charge in [-0.25, -0.2) is 0 Å². The molecule has 0 saturated heterocycles. The molecule has 0 spiro atoms. The Labute approximate surface area is 90.0 Å². The highest BCUT2D eigenvalue weighted by atomic mass is 16.3. The normalized spacial score (nSPS) is 12.3. The zero-order valence-corrected chi connectivity index (χ0v) is 8.72. The molecule has 1 heteroatoms. The van der Waals surface area contributed by atoms with E-state index in [-0.39, 0.29) is 0 Å². The van der Waals surface area contributed by atoms with Crippen molar-refractivity contribution in [2.45, 2.75) is 12.8 Å². The number of hydrogen-bond donors (Lipinski definition) is 1. The van der Waals surface area contributed by atoms with Crippen LogP contribution < -0.4 is 0 Å². The van der Waals surface area contributed by atoms with Crippen LogP contribution >= 0.6 is 0 Å². The molecule has 1 atom stereocenters. The summed E-state index contributed by atoms with van der Waals surface area (Å²) in [6.45, 7) is 2.17. The summed E-state index contributed by atoms with van der Waals surface area (Å²) >= 11 is 0. The highest BCUT2D eigenvalue weighted by Crippen LogP contribution is 2.24. The van der Waals surface area contributed by atoms with Crippen molar-refractivity contribution in [1.82, 2.24) is 0 Å². The number of phenolic OH excluding ortho intramolecular Hbond substituents is 1. The molecule has 1 N–H and O–H groups in total. The van der Waals surface area contributed by atoms with Gasteiger partial charge in [0.2, 0.25) is 0 Å². The molecule has 2 rings (SSSR count). The fraction of sp³-hybridized carbons (Fsp3) is 0.143. The van der Waals surface area contributed by atoms with Crippen LogP contribution in [0.25, 0.3) is 0 Å². The van der Waals surface area contributed by atoms with Gasteiger partial charge in [-0.3, -0.25) is 0 Å². The van der Waals surface area contributed by atoms with Crippen LogP contribution in [0.4, 0.5) is 0 Å². The summed E-state index contributed by atoms with van der Waals surface area (Å²) in [5.41, 5.74) is 2.52. The Morgan fingerprint density at radius 1 is 0.800 bits per heavy atom. The smallest absolute Gasteiger partial charge is 0.115 e. The fourth-order valence-corrected chi connectivity index (χ4v) is 1.70. The van der Waals surface area contributed by atoms with E-state index in [2.05, 4.69) is 19.1 Å². The summed E-state index contributed by atoms with van der Waals surface area (Å²) in [6, 6.07) is 17.8. The molecular weight excluding hydrogens is 184 g/mol. The Morgan fingerprint density at radius 3 is 1.93 bits per heavy atom. The first kappa shape index (κ1) is 9.78. The van der Waals surface area contributed by atoms with E-state index in [1.54, 1.807) is 12.1 Å². The number of hydrogen-bond acceptors (Lipinski definition) is 1. The predicted octanol–water partition coefficient (Wildman–Crippen LogP) is 3.54. The predicted molar refractivity (Wildman–Crippen MR) is 62.1 cm³/mol. The third-order valence-corrected chi connectivity index (χ3v) is 2.69. The van der Waals surface area contributed by atoms with Gasteiger partial charge in [0.05, 0.1) is 0 Å². The average Bonchev–Trinajstić information content (AvgIpc) is 2.30. The van der Waals surface area contributed by atoms with E-state index in [0.717, 1.165) is 0 Å². The van der Waals surface area contributed by atoms with E-state index in [1.807, 2.05) is 30.3 Å². The fourth-order valence-electron chi connectivity index (χ4n) is 1.70. The lowest BCUT2D eigenvalue weighted by Gasteiger charge is -2.12. The summed E-state index contributed by atoms with van der Waals surface area (Å²) in [6.07, 6.45) is 0. The van der Waals surface area contributed by atoms with Gasteiger partial charge in [-0.2, -0.15) is 0 Å². The maximum absolute atomic E-state index is 9.21. The molecule has 0 aliphatic heterocycles. The third-order valence-electron chi connectivity index (χ3n) is 2.69. The molecule has 0 unspecified atom stereocenters. The summed E-state index contributed by atoms with van der Waals surface area (Å²) in [4.78, 5) is 0. The molecule has 0 amide bonds. The van der Waals surface area contributed by atoms with Crippen molar-refractivity contribution in [3.05, 3.63) is 65.7 Å². The Kier molecular flexibility index (Phi) is 2.72. The first-order valence-electron chi connectivity index (χ1n) is 5.11. The first-order chi connectivity index (χ1) is 7.27. The SMILES string of the molecule is C[C@@H](c1ccccc1)c1ccc(O)cc1. The third kappa shape index (κ3) is 2.18. The van der Waals surface area contributed by atoms with E-state index in [9.17, 15) is 5.11 Å². The van der Waals surface area contributed by atoms with Gasteiger partial charge in [-0.05, 0) is 23.3 Å². The molecule has 0 aromatic heterocycles. The lowest BCUT2D eigenvalue weighted by Crippen LogP contribution is -1.94. The number of benzene rings is 2. The maximum atomic E-state index is 9.21. The van der Waals surface area contributed by atoms with Crippen molar-refractivity contribution >= 4 is 0 Å². The van der Waals surface area contributed by atoms with Crippen LogP contribution in [0.3, 0.4) is 0 Å². The van der Waals surface area contributed by atoms with Gasteiger partial charge in [0.1, 0.15) is 5.75 Å². The standard InChI is InChI=1S/C14H14O/c1-11(12-5-3-2-4-6-12)13-7-9-14(15)10-8-13/h2-11,15H,1H3/t11-/m0/s1. The van der Waals surface area contributed by atoms with Crippen molar-refractivity contribution in [2.75, 3.05) is 0 Å². The van der Waals surface area contributed by atoms with Crippen LogP contribution in [0.1, 0.15) is 24.0 Å². The lowest BCUT2D eigenvalue weighted by molar-refractivity contribution is 0.475. The van der Waals surface area contributed by atoms with Crippen LogP contribution in [-0.4, -0.2) is 5.11 Å². The second kappa shape index (κ2) is 4.18. The quantitative estimate of drug-likeness (QED) is 0.782. The zero-order valence-electron chi connectivity index (χ0n) is 8.72. The Bertz CT molecular complexity index is 417. The summed E-state index contributed by atoms with van der Waals surface area (Å²) in [5.74, 6) is 0.686. The number of aromatic hydroxyl groups is 1. The molecule has 15 heavy (non-hydrogen) atoms. The molecule has 2 aromatic carbocycles. The number of phenols is 1. The Balaban J connectivity index is 2.29. The highest BCUT2D eigenvalue weighted by molar-refractivity contribution is 5.34. The van der Waals surface area contributed by atoms with Crippen molar-refractivity contribution in [1.29, 1.82) is 0 Å². The van der Waals surface area contributed by atoms with E-state index in [4.69, 9.17) is 0 Å². The second-order valence-corrected chi connectivity index (χ2v) is 3.72. The molecule has 0 radical (unpaired) electrons. The van der Waals surface area contributed by atoms with Gasteiger partial charge >= 0.3 is 0 Å². The van der Waals surface area contributed by atoms with Crippen LogP contribution in [0, 0.1) is 0 Å². The molecule has 76 valence electrons. The minimum Gasteiger partial charge on any atom is -0.508 e. The molecule has 0 heterocycles. The second-order valence-electron chi connectivity index (χ2n) is 3.72. The van der Waals surface area contributed by atoms with Crippen LogP contribution in [0.2, 0.25) is 0 Å². The summed E-state index contributed by atoms with van der Waals surface area (Å²) in [5, 5.41) is 9.21. The van der Waals surface area contributed by atoms with Gasteiger partial charge < -0.3 is 5.11 Å². The minimum atomic E-state index is 0.319. The average molecular weight is 198 g/mol. The van der Waals surface area contributed by atoms with Crippen LogP contribution in [-0.2, 0) is 0 Å². The van der Waals surface area contributed by atoms with E-state index in [1.165, 1.54) is 11.1 Å². The number of rotatable bonds is 2. The minimum absolute atomic E-state index is 0.319. The van der Waals surface area contributed by atoms with Crippen LogP contribution in [0.5, 0.6) is 5.75 Å². The zero-order chi connectivity index (χ0) is 10.7. The van der Waals surface area contributed by atoms with E-state index >= 15 is 0 Å². The van der Waals surface area contributed by atoms with Gasteiger partial charge in [0, 0.05) is 5.92 Å². The van der Waals surface area contributed by atoms with Gasteiger partial charge in [0.15, 0.2) is 0 Å². The van der Waals surface area contributed by atoms with Crippen LogP contribution in [0.15, 0.2) is 54.6 Å². The molecule has 0 bridgehead atoms. The summed E-state index contributed by atoms with van der Waals surface area (Å²) in [7, 11) is 0. The molecule has 2 aromatic rings. The topological polar surface area (TPSA) is 20.2 Å². The lowest BCUT2D eigenvalue weighted by atomic mass is 9.93. The molecule has 0 fully saturated rings. The maximum Gasteiger partial charge on any atom is 0.115 e. The van der Waals surface area contributed by atoms with Gasteiger partial charge in [0.25, 0.3) is 0 Å². The molecular formula is C14H14O. The molecule has 1 nitrogen and oxygen atoms in total. The van der Waals surface area contributed by atoms with E-state index in [0.29, 0.717) is 11.7 Å². The molecule has 0 saturated carbocycles. The summed E-state index contributed by atoms with van der Waals surface area (Å²) < 4.78 is 0. The van der Waals surface area contributed by atoms with Gasteiger partial charge in [-0.1, -0.05) is 49.4 Å². The van der Waals surface area contributed by atoms with Gasteiger partial charge in [-0.15, -0.1) is 0 Å². The largest absolute Gasteiger partial charge is 0.508 e.